The van der Waals surface area contributed by atoms with E-state index in [-0.39, 0.29) is 24.5 Å². The summed E-state index contributed by atoms with van der Waals surface area (Å²) in [7, 11) is 0. The number of non-ortho nitro benzene ring substituents is 1. The average molecular weight is 409 g/mol. The Hall–Kier alpha value is -3.78. The predicted octanol–water partition coefficient (Wildman–Crippen LogP) is 4.70. The van der Waals surface area contributed by atoms with Crippen LogP contribution < -0.4 is 4.74 Å². The van der Waals surface area contributed by atoms with Crippen LogP contribution in [0.4, 0.5) is 10.1 Å². The maximum absolute atomic E-state index is 14.0. The zero-order chi connectivity index (χ0) is 21.1. The third-order valence-corrected chi connectivity index (χ3v) is 4.57. The largest absolute Gasteiger partial charge is 0.460 e. The SMILES string of the molecule is O=C(OCc1cc(F)cc2c1O[C@H](c1ccccc1)OC2)c1ccc([N+](=O)[O-])cc1. The molecule has 0 aromatic heterocycles. The number of nitro groups is 1. The van der Waals surface area contributed by atoms with Crippen molar-refractivity contribution in [2.45, 2.75) is 19.5 Å². The Kier molecular flexibility index (Phi) is 5.40. The van der Waals surface area contributed by atoms with Gasteiger partial charge in [-0.3, -0.25) is 10.1 Å². The lowest BCUT2D eigenvalue weighted by molar-refractivity contribution is -0.384. The number of hydrogen-bond acceptors (Lipinski definition) is 6. The standard InChI is InChI=1S/C22H16FNO6/c23-18-10-16(12-28-21(25)14-6-8-19(9-7-14)24(26)27)20-17(11-18)13-29-22(30-20)15-4-2-1-3-5-15/h1-11,22H,12-13H2/t22-/m1/s1. The van der Waals surface area contributed by atoms with Gasteiger partial charge in [0.25, 0.3) is 5.69 Å². The summed E-state index contributed by atoms with van der Waals surface area (Å²) in [5.41, 5.74) is 1.71. The number of fused-ring (bicyclic) bond motifs is 1. The van der Waals surface area contributed by atoms with E-state index in [1.807, 2.05) is 30.3 Å². The van der Waals surface area contributed by atoms with Gasteiger partial charge in [-0.1, -0.05) is 30.3 Å². The molecular formula is C22H16FNO6. The summed E-state index contributed by atoms with van der Waals surface area (Å²) >= 11 is 0. The van der Waals surface area contributed by atoms with Gasteiger partial charge in [0.05, 0.1) is 17.1 Å². The van der Waals surface area contributed by atoms with Crippen LogP contribution >= 0.6 is 0 Å². The van der Waals surface area contributed by atoms with Crippen molar-refractivity contribution < 1.29 is 28.3 Å². The minimum Gasteiger partial charge on any atom is -0.460 e. The van der Waals surface area contributed by atoms with E-state index in [1.54, 1.807) is 0 Å². The minimum absolute atomic E-state index is 0.133. The normalized spacial score (nSPS) is 15.0. The van der Waals surface area contributed by atoms with E-state index in [2.05, 4.69) is 0 Å². The van der Waals surface area contributed by atoms with Crippen molar-refractivity contribution in [1.82, 2.24) is 0 Å². The molecule has 152 valence electrons. The van der Waals surface area contributed by atoms with Gasteiger partial charge in [0.2, 0.25) is 6.29 Å². The molecule has 0 aliphatic carbocycles. The Balaban J connectivity index is 1.51. The molecule has 0 N–H and O–H groups in total. The van der Waals surface area contributed by atoms with Crippen LogP contribution in [0.5, 0.6) is 5.75 Å². The molecule has 1 aliphatic heterocycles. The third-order valence-electron chi connectivity index (χ3n) is 4.57. The van der Waals surface area contributed by atoms with E-state index < -0.39 is 23.0 Å². The van der Waals surface area contributed by atoms with Gasteiger partial charge in [-0.05, 0) is 24.3 Å². The summed E-state index contributed by atoms with van der Waals surface area (Å²) in [5.74, 6) is -0.775. The molecule has 0 saturated heterocycles. The van der Waals surface area contributed by atoms with Crippen molar-refractivity contribution in [3.63, 3.8) is 0 Å². The smallest absolute Gasteiger partial charge is 0.338 e. The highest BCUT2D eigenvalue weighted by molar-refractivity contribution is 5.89. The highest BCUT2D eigenvalue weighted by Gasteiger charge is 2.25. The first-order chi connectivity index (χ1) is 14.5. The number of halogens is 1. The number of nitro benzene ring substituents is 1. The summed E-state index contributed by atoms with van der Waals surface area (Å²) in [6.07, 6.45) is -0.659. The van der Waals surface area contributed by atoms with Crippen LogP contribution in [0.1, 0.15) is 33.3 Å². The van der Waals surface area contributed by atoms with E-state index >= 15 is 0 Å². The Morgan fingerprint density at radius 2 is 1.87 bits per heavy atom. The zero-order valence-electron chi connectivity index (χ0n) is 15.6. The second kappa shape index (κ2) is 8.30. The lowest BCUT2D eigenvalue weighted by atomic mass is 10.1. The van der Waals surface area contributed by atoms with Crippen LogP contribution in [0.25, 0.3) is 0 Å². The summed E-state index contributed by atoms with van der Waals surface area (Å²) in [5, 5.41) is 10.7. The Morgan fingerprint density at radius 3 is 2.57 bits per heavy atom. The molecule has 0 unspecified atom stereocenters. The number of benzene rings is 3. The summed E-state index contributed by atoms with van der Waals surface area (Å²) in [6, 6.07) is 16.9. The first kappa shape index (κ1) is 19.5. The van der Waals surface area contributed by atoms with Crippen molar-refractivity contribution in [3.05, 3.63) is 105 Å². The van der Waals surface area contributed by atoms with E-state index in [1.165, 1.54) is 36.4 Å². The number of carbonyl (C=O) groups is 1. The van der Waals surface area contributed by atoms with Crippen LogP contribution in [-0.2, 0) is 22.7 Å². The first-order valence-corrected chi connectivity index (χ1v) is 9.07. The number of carbonyl (C=O) groups excluding carboxylic acids is 1. The molecule has 0 fully saturated rings. The lowest BCUT2D eigenvalue weighted by Crippen LogP contribution is -2.20. The second-order valence-corrected chi connectivity index (χ2v) is 6.60. The highest BCUT2D eigenvalue weighted by atomic mass is 19.1. The molecule has 0 amide bonds. The van der Waals surface area contributed by atoms with E-state index in [0.29, 0.717) is 16.9 Å². The summed E-state index contributed by atoms with van der Waals surface area (Å²) in [4.78, 5) is 22.4. The average Bonchev–Trinajstić information content (AvgIpc) is 2.77. The molecular weight excluding hydrogens is 393 g/mol. The number of ether oxygens (including phenoxy) is 3. The predicted molar refractivity (Wildman–Crippen MR) is 103 cm³/mol. The van der Waals surface area contributed by atoms with Crippen LogP contribution in [0, 0.1) is 15.9 Å². The molecule has 0 radical (unpaired) electrons. The molecule has 0 spiro atoms. The van der Waals surface area contributed by atoms with Crippen molar-refractivity contribution in [1.29, 1.82) is 0 Å². The van der Waals surface area contributed by atoms with E-state index in [4.69, 9.17) is 14.2 Å². The fourth-order valence-electron chi connectivity index (χ4n) is 3.10. The Labute approximate surface area is 170 Å². The Bertz CT molecular complexity index is 1080. The molecule has 0 bridgehead atoms. The summed E-state index contributed by atoms with van der Waals surface area (Å²) < 4.78 is 30.9. The molecule has 0 saturated carbocycles. The minimum atomic E-state index is -0.686. The zero-order valence-corrected chi connectivity index (χ0v) is 15.6. The first-order valence-electron chi connectivity index (χ1n) is 9.07. The van der Waals surface area contributed by atoms with Crippen molar-refractivity contribution >= 4 is 11.7 Å². The van der Waals surface area contributed by atoms with E-state index in [0.717, 1.165) is 5.56 Å². The number of hydrogen-bond donors (Lipinski definition) is 0. The van der Waals surface area contributed by atoms with Gasteiger partial charge in [-0.15, -0.1) is 0 Å². The van der Waals surface area contributed by atoms with Crippen molar-refractivity contribution in [2.24, 2.45) is 0 Å². The molecule has 4 rings (SSSR count). The van der Waals surface area contributed by atoms with Gasteiger partial charge < -0.3 is 14.2 Å². The van der Waals surface area contributed by atoms with Gasteiger partial charge in [-0.25, -0.2) is 9.18 Å². The van der Waals surface area contributed by atoms with Gasteiger partial charge in [-0.2, -0.15) is 0 Å². The van der Waals surface area contributed by atoms with Crippen LogP contribution in [0.15, 0.2) is 66.7 Å². The monoisotopic (exact) mass is 409 g/mol. The summed E-state index contributed by atoms with van der Waals surface area (Å²) in [6.45, 7) is -0.0760. The highest BCUT2D eigenvalue weighted by Crippen LogP contribution is 2.36. The Morgan fingerprint density at radius 1 is 1.13 bits per heavy atom. The molecule has 7 nitrogen and oxygen atoms in total. The fraction of sp³-hybridized carbons (Fsp3) is 0.136. The van der Waals surface area contributed by atoms with Crippen molar-refractivity contribution in [3.8, 4) is 5.75 Å². The second-order valence-electron chi connectivity index (χ2n) is 6.60. The number of nitrogens with zero attached hydrogens (tertiary/aromatic N) is 1. The molecule has 1 atom stereocenters. The third kappa shape index (κ3) is 4.13. The van der Waals surface area contributed by atoms with Crippen molar-refractivity contribution in [2.75, 3.05) is 0 Å². The topological polar surface area (TPSA) is 87.9 Å². The van der Waals surface area contributed by atoms with Crippen LogP contribution in [0.3, 0.4) is 0 Å². The van der Waals surface area contributed by atoms with Crippen LogP contribution in [-0.4, -0.2) is 10.9 Å². The molecule has 30 heavy (non-hydrogen) atoms. The molecule has 1 heterocycles. The van der Waals surface area contributed by atoms with E-state index in [9.17, 15) is 19.3 Å². The number of rotatable bonds is 5. The van der Waals surface area contributed by atoms with Crippen LogP contribution in [0.2, 0.25) is 0 Å². The molecule has 1 aliphatic rings. The number of esters is 1. The maximum Gasteiger partial charge on any atom is 0.338 e. The fourth-order valence-corrected chi connectivity index (χ4v) is 3.10. The van der Waals surface area contributed by atoms with Gasteiger partial charge in [0.15, 0.2) is 0 Å². The van der Waals surface area contributed by atoms with Gasteiger partial charge in [0, 0.05) is 28.8 Å². The molecule has 8 heteroatoms. The maximum atomic E-state index is 14.0. The molecule has 3 aromatic carbocycles. The molecule has 3 aromatic rings. The lowest BCUT2D eigenvalue weighted by Gasteiger charge is -2.28. The van der Waals surface area contributed by atoms with Gasteiger partial charge in [0.1, 0.15) is 18.2 Å². The quantitative estimate of drug-likeness (QED) is 0.345. The van der Waals surface area contributed by atoms with Gasteiger partial charge >= 0.3 is 5.97 Å².